The van der Waals surface area contributed by atoms with Crippen LogP contribution in [0.2, 0.25) is 0 Å². The number of carbonyl (C=O) groups is 1. The van der Waals surface area contributed by atoms with Crippen LogP contribution < -0.4 is 10.1 Å². The number of hydrogen-bond acceptors (Lipinski definition) is 6. The molecule has 3 aromatic rings. The van der Waals surface area contributed by atoms with Crippen molar-refractivity contribution in [3.63, 3.8) is 0 Å². The Balaban J connectivity index is 1.76. The molecule has 25 heavy (non-hydrogen) atoms. The zero-order chi connectivity index (χ0) is 17.5. The first-order valence-electron chi connectivity index (χ1n) is 7.60. The van der Waals surface area contributed by atoms with Crippen molar-refractivity contribution in [1.82, 2.24) is 19.5 Å². The molecule has 3 aromatic heterocycles. The Hall–Kier alpha value is -3.26. The number of methoxy groups -OCH3 is 1. The molecule has 0 aliphatic heterocycles. The third kappa shape index (κ3) is 4.18. The molecular formula is C17H17N5O3. The molecule has 8 heteroatoms. The van der Waals surface area contributed by atoms with E-state index in [9.17, 15) is 4.79 Å². The van der Waals surface area contributed by atoms with E-state index in [4.69, 9.17) is 9.47 Å². The zero-order valence-corrected chi connectivity index (χ0v) is 13.6. The number of rotatable bonds is 7. The van der Waals surface area contributed by atoms with E-state index in [0.717, 1.165) is 0 Å². The van der Waals surface area contributed by atoms with Gasteiger partial charge in [-0.1, -0.05) is 0 Å². The second kappa shape index (κ2) is 8.02. The predicted octanol–water partition coefficient (Wildman–Crippen LogP) is 1.94. The van der Waals surface area contributed by atoms with Gasteiger partial charge in [0.15, 0.2) is 0 Å². The van der Waals surface area contributed by atoms with E-state index >= 15 is 0 Å². The van der Waals surface area contributed by atoms with Gasteiger partial charge in [0.05, 0.1) is 6.61 Å². The second-order valence-electron chi connectivity index (χ2n) is 5.02. The normalized spacial score (nSPS) is 10.4. The van der Waals surface area contributed by atoms with Gasteiger partial charge in [-0.3, -0.25) is 9.36 Å². The topological polar surface area (TPSA) is 91.2 Å². The Morgan fingerprint density at radius 2 is 2.12 bits per heavy atom. The summed E-state index contributed by atoms with van der Waals surface area (Å²) in [5, 5.41) is 2.81. The van der Waals surface area contributed by atoms with Gasteiger partial charge in [0.25, 0.3) is 5.91 Å². The van der Waals surface area contributed by atoms with Gasteiger partial charge in [-0.05, 0) is 24.3 Å². The second-order valence-corrected chi connectivity index (χ2v) is 5.02. The number of carbonyl (C=O) groups excluding carboxylic acids is 1. The maximum atomic E-state index is 12.5. The molecule has 3 heterocycles. The Labute approximate surface area is 144 Å². The van der Waals surface area contributed by atoms with Gasteiger partial charge < -0.3 is 14.8 Å². The number of nitrogens with zero attached hydrogens (tertiary/aromatic N) is 4. The Morgan fingerprint density at radius 1 is 1.20 bits per heavy atom. The van der Waals surface area contributed by atoms with Gasteiger partial charge in [0, 0.05) is 37.5 Å². The van der Waals surface area contributed by atoms with Crippen molar-refractivity contribution in [2.45, 2.75) is 0 Å². The van der Waals surface area contributed by atoms with Crippen LogP contribution in [0.25, 0.3) is 5.82 Å². The predicted molar refractivity (Wildman–Crippen MR) is 90.9 cm³/mol. The lowest BCUT2D eigenvalue weighted by Crippen LogP contribution is -2.15. The molecule has 0 aromatic carbocycles. The monoisotopic (exact) mass is 339 g/mol. The quantitative estimate of drug-likeness (QED) is 0.662. The number of pyridine rings is 2. The molecule has 128 valence electrons. The zero-order valence-electron chi connectivity index (χ0n) is 13.6. The summed E-state index contributed by atoms with van der Waals surface area (Å²) in [6, 6.07) is 6.77. The fraction of sp³-hybridized carbons (Fsp3) is 0.176. The fourth-order valence-electron chi connectivity index (χ4n) is 2.11. The smallest absolute Gasteiger partial charge is 0.256 e. The third-order valence-corrected chi connectivity index (χ3v) is 3.32. The molecule has 0 bridgehead atoms. The molecule has 8 nitrogen and oxygen atoms in total. The highest BCUT2D eigenvalue weighted by atomic mass is 16.5. The Bertz CT molecular complexity index is 836. The minimum atomic E-state index is -0.284. The molecular weight excluding hydrogens is 322 g/mol. The van der Waals surface area contributed by atoms with E-state index in [1.807, 2.05) is 0 Å². The summed E-state index contributed by atoms with van der Waals surface area (Å²) >= 11 is 0. The summed E-state index contributed by atoms with van der Waals surface area (Å²) in [5.41, 5.74) is 0.954. The van der Waals surface area contributed by atoms with Gasteiger partial charge in [-0.15, -0.1) is 0 Å². The van der Waals surface area contributed by atoms with Crippen LogP contribution in [-0.2, 0) is 4.74 Å². The molecule has 0 saturated heterocycles. The average Bonchev–Trinajstić information content (AvgIpc) is 3.18. The lowest BCUT2D eigenvalue weighted by atomic mass is 10.2. The van der Waals surface area contributed by atoms with Gasteiger partial charge in [0.2, 0.25) is 5.88 Å². The Morgan fingerprint density at radius 3 is 2.92 bits per heavy atom. The van der Waals surface area contributed by atoms with Crippen LogP contribution in [0.1, 0.15) is 10.4 Å². The highest BCUT2D eigenvalue weighted by Crippen LogP contribution is 2.21. The summed E-state index contributed by atoms with van der Waals surface area (Å²) < 4.78 is 12.2. The molecule has 1 amide bonds. The maximum Gasteiger partial charge on any atom is 0.256 e. The average molecular weight is 339 g/mol. The minimum Gasteiger partial charge on any atom is -0.474 e. The number of imidazole rings is 1. The number of aromatic nitrogens is 4. The summed E-state index contributed by atoms with van der Waals surface area (Å²) in [6.07, 6.45) is 8.19. The summed E-state index contributed by atoms with van der Waals surface area (Å²) in [4.78, 5) is 24.9. The minimum absolute atomic E-state index is 0.284. The van der Waals surface area contributed by atoms with Crippen molar-refractivity contribution in [3.05, 3.63) is 60.9 Å². The van der Waals surface area contributed by atoms with Gasteiger partial charge in [-0.2, -0.15) is 0 Å². The van der Waals surface area contributed by atoms with Crippen LogP contribution in [0, 0.1) is 0 Å². The highest BCUT2D eigenvalue weighted by Gasteiger charge is 2.12. The number of ether oxygens (including phenoxy) is 2. The summed E-state index contributed by atoms with van der Waals surface area (Å²) in [6.45, 7) is 0.777. The van der Waals surface area contributed by atoms with E-state index in [1.165, 1.54) is 0 Å². The lowest BCUT2D eigenvalue weighted by Gasteiger charge is -2.11. The van der Waals surface area contributed by atoms with E-state index in [0.29, 0.717) is 36.2 Å². The van der Waals surface area contributed by atoms with Gasteiger partial charge in [-0.25, -0.2) is 15.0 Å². The van der Waals surface area contributed by atoms with Gasteiger partial charge >= 0.3 is 0 Å². The molecule has 3 rings (SSSR count). The van der Waals surface area contributed by atoms with Gasteiger partial charge in [0.1, 0.15) is 24.4 Å². The first-order valence-corrected chi connectivity index (χ1v) is 7.60. The van der Waals surface area contributed by atoms with Crippen molar-refractivity contribution in [2.24, 2.45) is 0 Å². The first-order chi connectivity index (χ1) is 12.3. The molecule has 0 radical (unpaired) electrons. The summed E-state index contributed by atoms with van der Waals surface area (Å²) in [5.74, 6) is 0.665. The lowest BCUT2D eigenvalue weighted by molar-refractivity contribution is 0.102. The number of hydrogen-bond donors (Lipinski definition) is 1. The molecule has 0 aliphatic carbocycles. The van der Waals surface area contributed by atoms with E-state index in [1.54, 1.807) is 67.1 Å². The van der Waals surface area contributed by atoms with Crippen molar-refractivity contribution >= 4 is 11.6 Å². The van der Waals surface area contributed by atoms with Crippen molar-refractivity contribution in [3.8, 4) is 11.7 Å². The van der Waals surface area contributed by atoms with Crippen LogP contribution in [0.4, 0.5) is 5.69 Å². The molecule has 0 atom stereocenters. The van der Waals surface area contributed by atoms with Crippen LogP contribution in [0.15, 0.2) is 55.4 Å². The summed E-state index contributed by atoms with van der Waals surface area (Å²) in [7, 11) is 1.59. The van der Waals surface area contributed by atoms with Crippen molar-refractivity contribution in [1.29, 1.82) is 0 Å². The van der Waals surface area contributed by atoms with Crippen LogP contribution in [-0.4, -0.2) is 45.7 Å². The highest BCUT2D eigenvalue weighted by molar-refractivity contribution is 6.05. The molecule has 0 spiro atoms. The van der Waals surface area contributed by atoms with Crippen molar-refractivity contribution < 1.29 is 14.3 Å². The first kappa shape index (κ1) is 16.6. The number of amides is 1. The SMILES string of the molecule is COCCOc1ncccc1NC(=O)c1ccnc(-n2ccnc2)c1. The molecule has 0 aliphatic rings. The van der Waals surface area contributed by atoms with Crippen molar-refractivity contribution in [2.75, 3.05) is 25.6 Å². The number of anilines is 1. The fourth-order valence-corrected chi connectivity index (χ4v) is 2.11. The van der Waals surface area contributed by atoms with E-state index < -0.39 is 0 Å². The van der Waals surface area contributed by atoms with Crippen LogP contribution >= 0.6 is 0 Å². The Kier molecular flexibility index (Phi) is 5.32. The largest absolute Gasteiger partial charge is 0.474 e. The molecule has 0 saturated carbocycles. The van der Waals surface area contributed by atoms with Crippen LogP contribution in [0.3, 0.4) is 0 Å². The van der Waals surface area contributed by atoms with E-state index in [2.05, 4.69) is 20.3 Å². The molecule has 0 unspecified atom stereocenters. The van der Waals surface area contributed by atoms with E-state index in [-0.39, 0.29) is 5.91 Å². The standard InChI is InChI=1S/C17H17N5O3/c1-24-9-10-25-17-14(3-2-5-20-17)21-16(23)13-4-6-19-15(11-13)22-8-7-18-12-22/h2-8,11-12H,9-10H2,1H3,(H,21,23). The maximum absolute atomic E-state index is 12.5. The molecule has 1 N–H and O–H groups in total. The molecule has 0 fully saturated rings. The third-order valence-electron chi connectivity index (χ3n) is 3.32. The number of nitrogens with one attached hydrogen (secondary N) is 1. The van der Waals surface area contributed by atoms with Crippen LogP contribution in [0.5, 0.6) is 5.88 Å².